The number of carbonyl (C=O) groups excluding carboxylic acids is 2. The lowest BCUT2D eigenvalue weighted by Crippen LogP contribution is -2.42. The molecule has 2 heterocycles. The van der Waals surface area contributed by atoms with E-state index in [2.05, 4.69) is 86.3 Å². The van der Waals surface area contributed by atoms with E-state index in [1.165, 1.54) is 11.8 Å². The Morgan fingerprint density at radius 1 is 1.02 bits per heavy atom. The number of rotatable bonds is 16. The molecule has 1 aromatic carbocycles. The van der Waals surface area contributed by atoms with Crippen molar-refractivity contribution >= 4 is 50.7 Å². The van der Waals surface area contributed by atoms with E-state index in [0.29, 0.717) is 24.2 Å². The van der Waals surface area contributed by atoms with Crippen molar-refractivity contribution in [1.82, 2.24) is 15.3 Å². The molecule has 0 radical (unpaired) electrons. The van der Waals surface area contributed by atoms with E-state index in [9.17, 15) is 23.1 Å². The molecule has 59 heavy (non-hydrogen) atoms. The molecule has 1 fully saturated rings. The predicted molar refractivity (Wildman–Crippen MR) is 236 cm³/mol. The first-order chi connectivity index (χ1) is 27.5. The molecule has 4 rings (SSSR count). The zero-order valence-electron chi connectivity index (χ0n) is 37.1. The number of nitrogens with zero attached hydrogens (tertiary/aromatic N) is 5. The number of halogens is 1. The van der Waals surface area contributed by atoms with Crippen LogP contribution in [0.2, 0.25) is 0 Å². The molecule has 0 saturated carbocycles. The van der Waals surface area contributed by atoms with Gasteiger partial charge in [-0.2, -0.15) is 10.1 Å². The average Bonchev–Trinajstić information content (AvgIpc) is 3.18. The molecule has 1 aliphatic carbocycles. The van der Waals surface area contributed by atoms with Crippen molar-refractivity contribution < 1.29 is 27.9 Å². The first-order valence-corrected chi connectivity index (χ1v) is 23.2. The molecule has 13 nitrogen and oxygen atoms in total. The van der Waals surface area contributed by atoms with Crippen LogP contribution in [-0.2, 0) is 30.3 Å². The fourth-order valence-corrected chi connectivity index (χ4v) is 8.32. The zero-order chi connectivity index (χ0) is 44.1. The molecule has 2 amide bonds. The molecular weight excluding hydrogens is 790 g/mol. The Kier molecular flexibility index (Phi) is 15.4. The molecule has 3 atom stereocenters. The van der Waals surface area contributed by atoms with E-state index in [1.807, 2.05) is 19.9 Å². The highest BCUT2D eigenvalue weighted by atomic mass is 35.5. The maximum absolute atomic E-state index is 14.3. The van der Waals surface area contributed by atoms with Crippen molar-refractivity contribution in [3.8, 4) is 5.75 Å². The molecule has 1 saturated heterocycles. The Balaban J connectivity index is 1.68. The Morgan fingerprint density at radius 3 is 2.24 bits per heavy atom. The number of anilines is 2. The molecule has 3 N–H and O–H groups in total. The fraction of sp³-hybridized carbons (Fsp3) is 0.636. The number of benzene rings is 1. The van der Waals surface area contributed by atoms with Gasteiger partial charge in [-0.15, -0.1) is 5.11 Å². The number of allylic oxidation sites excluding steroid dienone is 1. The minimum absolute atomic E-state index is 0.0264. The molecule has 15 heteroatoms. The van der Waals surface area contributed by atoms with E-state index >= 15 is 0 Å². The summed E-state index contributed by atoms with van der Waals surface area (Å²) in [4.78, 5) is 38.3. The highest BCUT2D eigenvalue weighted by molar-refractivity contribution is 7.91. The number of aliphatic hydroxyl groups is 1. The summed E-state index contributed by atoms with van der Waals surface area (Å²) in [6.45, 7) is 24.7. The van der Waals surface area contributed by atoms with Gasteiger partial charge in [0.15, 0.2) is 27.5 Å². The number of unbranched alkanes of at least 4 members (excludes halogenated alkanes) is 1. The van der Waals surface area contributed by atoms with Gasteiger partial charge in [-0.25, -0.2) is 13.4 Å². The van der Waals surface area contributed by atoms with Crippen molar-refractivity contribution in [3.05, 3.63) is 57.6 Å². The normalized spacial score (nSPS) is 19.6. The molecule has 2 aliphatic rings. The van der Waals surface area contributed by atoms with Crippen molar-refractivity contribution in [2.24, 2.45) is 21.6 Å². The lowest BCUT2D eigenvalue weighted by Gasteiger charge is -2.33. The quantitative estimate of drug-likeness (QED) is 0.139. The molecular formula is C44H66ClN7O6S. The Labute approximate surface area is 356 Å². The lowest BCUT2D eigenvalue weighted by atomic mass is 9.76. The zero-order valence-corrected chi connectivity index (χ0v) is 38.7. The summed E-state index contributed by atoms with van der Waals surface area (Å²) in [5, 5.41) is 26.6. The third-order valence-electron chi connectivity index (χ3n) is 11.9. The predicted octanol–water partition coefficient (Wildman–Crippen LogP) is 9.60. The molecule has 2 aromatic rings. The van der Waals surface area contributed by atoms with Crippen LogP contribution in [0.5, 0.6) is 5.75 Å². The Morgan fingerprint density at radius 2 is 1.66 bits per heavy atom. The highest BCUT2D eigenvalue weighted by Crippen LogP contribution is 2.41. The van der Waals surface area contributed by atoms with Gasteiger partial charge in [0.05, 0.1) is 28.4 Å². The summed E-state index contributed by atoms with van der Waals surface area (Å²) in [6.07, 6.45) is 4.91. The topological polar surface area (TPSA) is 176 Å². The van der Waals surface area contributed by atoms with E-state index < -0.39 is 39.2 Å². The highest BCUT2D eigenvalue weighted by Gasteiger charge is 2.37. The van der Waals surface area contributed by atoms with Crippen LogP contribution in [0, 0.1) is 11.3 Å². The number of aliphatic hydroxyl groups excluding tert-OH is 1. The van der Waals surface area contributed by atoms with Gasteiger partial charge in [-0.05, 0) is 60.1 Å². The van der Waals surface area contributed by atoms with Gasteiger partial charge in [-0.3, -0.25) is 9.59 Å². The third kappa shape index (κ3) is 11.4. The minimum Gasteiger partial charge on any atom is -0.505 e. The van der Waals surface area contributed by atoms with Crippen LogP contribution < -0.4 is 20.3 Å². The van der Waals surface area contributed by atoms with Crippen LogP contribution >= 0.6 is 11.6 Å². The van der Waals surface area contributed by atoms with E-state index in [4.69, 9.17) is 21.5 Å². The first-order valence-electron chi connectivity index (χ1n) is 21.0. The number of aromatic nitrogens is 2. The van der Waals surface area contributed by atoms with Gasteiger partial charge in [0.1, 0.15) is 17.5 Å². The van der Waals surface area contributed by atoms with Crippen molar-refractivity contribution in [3.63, 3.8) is 0 Å². The summed E-state index contributed by atoms with van der Waals surface area (Å²) in [5.41, 5.74) is 2.23. The van der Waals surface area contributed by atoms with Gasteiger partial charge in [-0.1, -0.05) is 113 Å². The lowest BCUT2D eigenvalue weighted by molar-refractivity contribution is -0.128. The van der Waals surface area contributed by atoms with Crippen LogP contribution in [0.15, 0.2) is 56.7 Å². The molecule has 0 bridgehead atoms. The summed E-state index contributed by atoms with van der Waals surface area (Å²) < 4.78 is 30.8. The summed E-state index contributed by atoms with van der Waals surface area (Å²) >= 11 is 6.83. The second-order valence-electron chi connectivity index (χ2n) is 18.1. The van der Waals surface area contributed by atoms with Crippen LogP contribution in [0.25, 0.3) is 0 Å². The van der Waals surface area contributed by atoms with Gasteiger partial charge < -0.3 is 25.4 Å². The van der Waals surface area contributed by atoms with Gasteiger partial charge in [0, 0.05) is 30.0 Å². The van der Waals surface area contributed by atoms with Crippen LogP contribution in [-0.4, -0.2) is 72.0 Å². The number of ether oxygens (including phenoxy) is 1. The number of carbonyl (C=O) groups is 2. The van der Waals surface area contributed by atoms with Crippen molar-refractivity contribution in [1.29, 1.82) is 0 Å². The van der Waals surface area contributed by atoms with Gasteiger partial charge in [0.25, 0.3) is 5.91 Å². The maximum atomic E-state index is 14.3. The molecule has 1 aromatic heterocycles. The second kappa shape index (κ2) is 19.1. The number of sulfone groups is 1. The van der Waals surface area contributed by atoms with Crippen LogP contribution in [0.3, 0.4) is 0 Å². The molecule has 3 unspecified atom stereocenters. The smallest absolute Gasteiger partial charge is 0.265 e. The number of hydrogen-bond acceptors (Lipinski definition) is 11. The number of hydrogen-bond donors (Lipinski definition) is 3. The molecule has 1 aliphatic heterocycles. The number of amides is 2. The third-order valence-corrected chi connectivity index (χ3v) is 13.9. The van der Waals surface area contributed by atoms with E-state index in [0.717, 1.165) is 31.2 Å². The number of nitrogens with one attached hydrogen (secondary N) is 2. The standard InChI is InChI=1S/C44H66ClN7O6S/c1-13-17-18-33(58-32-20-19-28(43(9,10)15-3)25-30(32)44(11,12)16-4)39(54)47-36-27(5)35(29(14-2)34(45)37(36)53)51-50-31-26-46-41(52-21-23-59(56,57)24-22-52)49-38(31)48-40(55)42(6,7)8/h19-20,25-27,33,35,53H,13-18,21-24H2,1-12H3,(H,47,54)(H,46,48,49,55). The molecule has 0 spiro atoms. The van der Waals surface area contributed by atoms with Crippen molar-refractivity contribution in [2.75, 3.05) is 34.8 Å². The van der Waals surface area contributed by atoms with Crippen LogP contribution in [0.1, 0.15) is 133 Å². The van der Waals surface area contributed by atoms with Crippen molar-refractivity contribution in [2.45, 2.75) is 145 Å². The SMILES string of the molecule is CCCCC(Oc1ccc(C(C)(C)CC)cc1C(C)(C)CC)C(=O)NC1=C(O)C(Cl)=C(CC)C(N=Nc2cnc(N3CCS(=O)(=O)CC3)nc2NC(=O)C(C)(C)C)C1C. The van der Waals surface area contributed by atoms with E-state index in [-0.39, 0.29) is 75.3 Å². The summed E-state index contributed by atoms with van der Waals surface area (Å²) in [7, 11) is -3.14. The summed E-state index contributed by atoms with van der Waals surface area (Å²) in [6, 6.07) is 5.59. The Bertz CT molecular complexity index is 2060. The number of azo groups is 1. The van der Waals surface area contributed by atoms with Gasteiger partial charge in [0.2, 0.25) is 11.9 Å². The maximum Gasteiger partial charge on any atom is 0.265 e. The Hall–Kier alpha value is -4.04. The van der Waals surface area contributed by atoms with Crippen LogP contribution in [0.4, 0.5) is 17.5 Å². The average molecular weight is 857 g/mol. The fourth-order valence-electron chi connectivity index (χ4n) is 6.77. The minimum atomic E-state index is -3.14. The van der Waals surface area contributed by atoms with Gasteiger partial charge >= 0.3 is 0 Å². The second-order valence-corrected chi connectivity index (χ2v) is 20.8. The summed E-state index contributed by atoms with van der Waals surface area (Å²) in [5.74, 6) is -0.566. The van der Waals surface area contributed by atoms with E-state index in [1.54, 1.807) is 25.7 Å². The largest absolute Gasteiger partial charge is 0.505 e. The molecule has 326 valence electrons. The first kappa shape index (κ1) is 47.6. The monoisotopic (exact) mass is 855 g/mol.